The number of carboxylic acids is 1. The summed E-state index contributed by atoms with van der Waals surface area (Å²) in [6, 6.07) is 0. The minimum absolute atomic E-state index is 0.0144. The third-order valence-electron chi connectivity index (χ3n) is 12.8. The number of fused-ring (bicyclic) bond motifs is 8. The third-order valence-corrected chi connectivity index (χ3v) is 12.8. The molecule has 1 aromatic rings. The van der Waals surface area contributed by atoms with Gasteiger partial charge in [-0.05, 0) is 97.9 Å². The Bertz CT molecular complexity index is 1240. The number of carbonyl (C=O) groups is 3. The van der Waals surface area contributed by atoms with Crippen LogP contribution in [0, 0.1) is 44.8 Å². The highest BCUT2D eigenvalue weighted by molar-refractivity contribution is 5.96. The molecule has 3 saturated carbocycles. The first kappa shape index (κ1) is 25.1. The van der Waals surface area contributed by atoms with E-state index in [-0.39, 0.29) is 45.2 Å². The summed E-state index contributed by atoms with van der Waals surface area (Å²) < 4.78 is 5.63. The number of hydrogen-bond acceptors (Lipinski definition) is 5. The van der Waals surface area contributed by atoms with Gasteiger partial charge in [0.15, 0.2) is 11.5 Å². The monoisotopic (exact) mass is 507 g/mol. The second-order valence-corrected chi connectivity index (χ2v) is 14.9. The Hall–Kier alpha value is -2.24. The van der Waals surface area contributed by atoms with Gasteiger partial charge in [-0.2, -0.15) is 0 Å². The largest absolute Gasteiger partial charge is 0.481 e. The predicted octanol–water partition coefficient (Wildman–Crippen LogP) is 5.93. The second kappa shape index (κ2) is 7.24. The molecule has 0 unspecified atom stereocenters. The van der Waals surface area contributed by atoms with Gasteiger partial charge in [-0.1, -0.05) is 45.3 Å². The molecule has 6 rings (SSSR count). The van der Waals surface area contributed by atoms with E-state index in [4.69, 9.17) is 4.52 Å². The van der Waals surface area contributed by atoms with Crippen molar-refractivity contribution in [3.05, 3.63) is 29.2 Å². The summed E-state index contributed by atoms with van der Waals surface area (Å²) in [5.74, 6) is -0.370. The molecule has 6 heteroatoms. The second-order valence-electron chi connectivity index (χ2n) is 14.9. The number of nitrogens with zero attached hydrogens (tertiary/aromatic N) is 1. The van der Waals surface area contributed by atoms with Crippen molar-refractivity contribution in [2.24, 2.45) is 44.8 Å². The van der Waals surface area contributed by atoms with E-state index in [2.05, 4.69) is 39.8 Å². The van der Waals surface area contributed by atoms with Gasteiger partial charge in [0.05, 0.1) is 17.0 Å². The number of allylic oxidation sites excluding steroid dienone is 2. The van der Waals surface area contributed by atoms with Crippen LogP contribution in [0.15, 0.2) is 22.4 Å². The fourth-order valence-electron chi connectivity index (χ4n) is 10.5. The van der Waals surface area contributed by atoms with Crippen LogP contribution in [0.5, 0.6) is 0 Å². The molecule has 0 radical (unpaired) electrons. The standard InChI is InChI=1S/C31H41NO5/c1-26(2)9-11-31(25(35)36)12-10-30(6)23(19(31)15-26)20(34)13-22-27(3)14-18-16-32-37-24(18)28(4,17-33)21(27)7-8-29(22,30)5/h13,16-17,19,21,23H,7-12,14-15H2,1-6H3,(H,35,36)/t19-,21+,23-,27-,28-,29+,30+,31-/m0/s1. The van der Waals surface area contributed by atoms with E-state index in [1.807, 2.05) is 13.0 Å². The van der Waals surface area contributed by atoms with Crippen LogP contribution in [-0.2, 0) is 26.2 Å². The average molecular weight is 508 g/mol. The molecule has 0 aromatic carbocycles. The lowest BCUT2D eigenvalue weighted by atomic mass is 9.34. The maximum atomic E-state index is 14.3. The van der Waals surface area contributed by atoms with Crippen LogP contribution in [0.4, 0.5) is 0 Å². The lowest BCUT2D eigenvalue weighted by Crippen LogP contribution is -2.66. The number of hydrogen-bond donors (Lipinski definition) is 1. The van der Waals surface area contributed by atoms with Gasteiger partial charge in [0.1, 0.15) is 6.29 Å². The smallest absolute Gasteiger partial charge is 0.309 e. The van der Waals surface area contributed by atoms with Gasteiger partial charge >= 0.3 is 5.97 Å². The maximum absolute atomic E-state index is 14.3. The van der Waals surface area contributed by atoms with Gasteiger partial charge in [-0.25, -0.2) is 0 Å². The van der Waals surface area contributed by atoms with Gasteiger partial charge in [0, 0.05) is 11.5 Å². The Morgan fingerprint density at radius 1 is 1.08 bits per heavy atom. The summed E-state index contributed by atoms with van der Waals surface area (Å²) in [5.41, 5.74) is -0.406. The normalized spacial score (nSPS) is 47.9. The van der Waals surface area contributed by atoms with Gasteiger partial charge in [-0.15, -0.1) is 0 Å². The van der Waals surface area contributed by atoms with Crippen LogP contribution in [0.1, 0.15) is 97.8 Å². The molecule has 0 bridgehead atoms. The zero-order valence-electron chi connectivity index (χ0n) is 23.1. The summed E-state index contributed by atoms with van der Waals surface area (Å²) in [7, 11) is 0. The lowest BCUT2D eigenvalue weighted by molar-refractivity contribution is -0.189. The van der Waals surface area contributed by atoms with E-state index in [1.165, 1.54) is 0 Å². The zero-order chi connectivity index (χ0) is 26.8. The van der Waals surface area contributed by atoms with Crippen LogP contribution in [0.3, 0.4) is 0 Å². The van der Waals surface area contributed by atoms with Crippen molar-refractivity contribution in [1.82, 2.24) is 5.16 Å². The molecule has 5 aliphatic carbocycles. The molecule has 200 valence electrons. The number of ketones is 1. The average Bonchev–Trinajstić information content (AvgIpc) is 3.28. The summed E-state index contributed by atoms with van der Waals surface area (Å²) in [6.07, 6.45) is 10.8. The minimum atomic E-state index is -0.809. The molecule has 8 atom stereocenters. The number of aldehydes is 1. The molecule has 1 N–H and O–H groups in total. The Labute approximate surface area is 219 Å². The number of aromatic nitrogens is 1. The number of aliphatic carboxylic acids is 1. The summed E-state index contributed by atoms with van der Waals surface area (Å²) in [6.45, 7) is 13.3. The fraction of sp³-hybridized carbons (Fsp3) is 0.742. The fourth-order valence-corrected chi connectivity index (χ4v) is 10.5. The molecule has 1 aromatic heterocycles. The molecule has 3 fully saturated rings. The van der Waals surface area contributed by atoms with Crippen molar-refractivity contribution >= 4 is 18.0 Å². The molecule has 0 saturated heterocycles. The van der Waals surface area contributed by atoms with E-state index in [0.29, 0.717) is 25.0 Å². The molecule has 37 heavy (non-hydrogen) atoms. The van der Waals surface area contributed by atoms with Crippen molar-refractivity contribution in [3.63, 3.8) is 0 Å². The van der Waals surface area contributed by atoms with Crippen molar-refractivity contribution in [2.45, 2.75) is 98.3 Å². The molecular weight excluding hydrogens is 466 g/mol. The highest BCUT2D eigenvalue weighted by Crippen LogP contribution is 2.74. The number of carboxylic acid groups (broad SMARTS) is 1. The lowest BCUT2D eigenvalue weighted by Gasteiger charge is -2.69. The van der Waals surface area contributed by atoms with Crippen LogP contribution < -0.4 is 0 Å². The van der Waals surface area contributed by atoms with E-state index in [1.54, 1.807) is 6.20 Å². The van der Waals surface area contributed by atoms with Crippen LogP contribution >= 0.6 is 0 Å². The first-order chi connectivity index (χ1) is 17.2. The third kappa shape index (κ3) is 2.83. The molecule has 0 spiro atoms. The van der Waals surface area contributed by atoms with Crippen LogP contribution in [-0.4, -0.2) is 28.3 Å². The van der Waals surface area contributed by atoms with Crippen molar-refractivity contribution in [1.29, 1.82) is 0 Å². The highest BCUT2D eigenvalue weighted by atomic mass is 16.5. The molecule has 1 heterocycles. The number of rotatable bonds is 2. The summed E-state index contributed by atoms with van der Waals surface area (Å²) in [4.78, 5) is 39.8. The Morgan fingerprint density at radius 2 is 1.78 bits per heavy atom. The summed E-state index contributed by atoms with van der Waals surface area (Å²) >= 11 is 0. The van der Waals surface area contributed by atoms with Gasteiger partial charge in [-0.3, -0.25) is 9.59 Å². The van der Waals surface area contributed by atoms with Gasteiger partial charge < -0.3 is 14.4 Å². The molecule has 0 amide bonds. The first-order valence-electron chi connectivity index (χ1n) is 14.1. The Morgan fingerprint density at radius 3 is 2.46 bits per heavy atom. The molecule has 5 aliphatic rings. The molecular formula is C31H41NO5. The van der Waals surface area contributed by atoms with Crippen molar-refractivity contribution in [2.75, 3.05) is 0 Å². The van der Waals surface area contributed by atoms with Crippen molar-refractivity contribution < 1.29 is 24.0 Å². The molecule has 0 aliphatic heterocycles. The maximum Gasteiger partial charge on any atom is 0.309 e. The highest BCUT2D eigenvalue weighted by Gasteiger charge is 2.71. The van der Waals surface area contributed by atoms with Gasteiger partial charge in [0.2, 0.25) is 0 Å². The zero-order valence-corrected chi connectivity index (χ0v) is 23.1. The van der Waals surface area contributed by atoms with Crippen LogP contribution in [0.2, 0.25) is 0 Å². The summed E-state index contributed by atoms with van der Waals surface area (Å²) in [5, 5.41) is 14.6. The first-order valence-corrected chi connectivity index (χ1v) is 14.1. The van der Waals surface area contributed by atoms with Gasteiger partial charge in [0.25, 0.3) is 0 Å². The predicted molar refractivity (Wildman–Crippen MR) is 138 cm³/mol. The van der Waals surface area contributed by atoms with E-state index >= 15 is 0 Å². The van der Waals surface area contributed by atoms with E-state index in [0.717, 1.165) is 49.5 Å². The van der Waals surface area contributed by atoms with E-state index < -0.39 is 16.8 Å². The van der Waals surface area contributed by atoms with Crippen LogP contribution in [0.25, 0.3) is 0 Å². The SMILES string of the molecule is CC1(C)CC[C@]2(C(=O)O)CC[C@]3(C)[C@H](C(=O)C=C4[C@@]5(C)Cc6cnoc6[C@@](C)(C=O)[C@@H]5CC[C@]43C)[C@@H]2C1. The molecule has 6 nitrogen and oxygen atoms in total. The minimum Gasteiger partial charge on any atom is -0.481 e. The topological polar surface area (TPSA) is 97.5 Å². The quantitative estimate of drug-likeness (QED) is 0.498. The number of carbonyl (C=O) groups excluding carboxylic acids is 2. The Kier molecular flexibility index (Phi) is 4.90. The Balaban J connectivity index is 1.52. The van der Waals surface area contributed by atoms with Crippen molar-refractivity contribution in [3.8, 4) is 0 Å². The van der Waals surface area contributed by atoms with E-state index in [9.17, 15) is 19.5 Å².